The van der Waals surface area contributed by atoms with Crippen molar-refractivity contribution in [1.29, 1.82) is 0 Å². The van der Waals surface area contributed by atoms with Gasteiger partial charge in [-0.3, -0.25) is 48.1 Å². The molecule has 0 aromatic rings. The SMILES string of the molecule is C[C@@H]1O[C@@H](OCCNC(=O)CCCCCNC(=O)[C@H](CC(=O)NCCCCCNC(=O)CN(CC(=O)NCCO[C@@H]2O[C@@H](C)[C@@H](O)[C@@H](O)[C@@H]2O)CC(=O)NCCO[C@H]2O[C@H](CO[C@H]3O[C@H](CO)[C@@H](O)[C@H](O)[C@@H]3O)[C@@H](O)[C@H](O[C@H]3O[C@H](CO)[C@@H](O)[C@H](O)[C@@H]3O)[C@@H]2O)NC(=O)CCCCC(=O)ON2C(=O)CCC2=O)[C@@H](O)[C@H](O)[C@@H]1O. The number of unbranched alkanes of at least 4 members (excludes halogenated alkanes) is 5. The van der Waals surface area contributed by atoms with Gasteiger partial charge in [0.2, 0.25) is 41.4 Å². The van der Waals surface area contributed by atoms with Crippen LogP contribution in [0.4, 0.5) is 0 Å². The molecule has 6 rings (SSSR count). The highest BCUT2D eigenvalue weighted by atomic mass is 16.8. The Labute approximate surface area is 648 Å². The summed E-state index contributed by atoms with van der Waals surface area (Å²) in [5.41, 5.74) is 0. The van der Waals surface area contributed by atoms with Crippen LogP contribution in [0.2, 0.25) is 0 Å². The molecule has 9 amide bonds. The standard InChI is InChI=1S/C67H113N9O37/c1-32-47(88)52(93)56(97)63(107-32)103-22-19-70-38(79)11-5-3-8-18-73-62(102)34(74-39(80)12-6-7-13-46(87)113-76-44(85)14-15-45(76)86)25-40(81)68-16-9-4-10-17-69-41(82)26-75(27-42(83)71-20-23-104-64-57(98)53(94)48(89)33(2)108-64)28-43(84)72-21-24-105-66-60(101)61(112-67-59(100)55(96)50(91)36(30-78)110-67)51(92)37(111-66)31-106-65-58(99)54(95)49(90)35(29-77)109-65/h32-37,47-61,63-67,77-78,88-101H,3-31H2,1-2H3,(H,68,81)(H,69,82)(H,70,79)(H,71,83)(H,72,84)(H,73,102)(H,74,80)/t32-,33-,34-,35+,36+,37+,47+,48+,49+,50+,51+,52+,53+,54-,55-,56-,57-,58-,59-,60-,61-,63+,64+,65-,66-,67+/m0/s1. The minimum atomic E-state index is -2.03. The van der Waals surface area contributed by atoms with Gasteiger partial charge in [-0.2, -0.15) is 0 Å². The quantitative estimate of drug-likeness (QED) is 0.0199. The number of aliphatic hydroxyl groups excluding tert-OH is 16. The van der Waals surface area contributed by atoms with Gasteiger partial charge < -0.3 is 171 Å². The third-order valence-corrected chi connectivity index (χ3v) is 19.0. The van der Waals surface area contributed by atoms with E-state index in [1.54, 1.807) is 0 Å². The number of hydrogen-bond donors (Lipinski definition) is 23. The highest BCUT2D eigenvalue weighted by Crippen LogP contribution is 2.32. The van der Waals surface area contributed by atoms with Gasteiger partial charge in [0.05, 0.1) is 77.9 Å². The number of imide groups is 1. The maximum absolute atomic E-state index is 13.5. The number of hydrogen-bond acceptors (Lipinski definition) is 38. The van der Waals surface area contributed by atoms with Crippen LogP contribution in [0.3, 0.4) is 0 Å². The summed E-state index contributed by atoms with van der Waals surface area (Å²) in [4.78, 5) is 135. The summed E-state index contributed by atoms with van der Waals surface area (Å²) >= 11 is 0. The molecule has 0 aliphatic carbocycles. The molecular weight excluding hydrogens is 1520 g/mol. The summed E-state index contributed by atoms with van der Waals surface area (Å²) in [5, 5.41) is 184. The lowest BCUT2D eigenvalue weighted by molar-refractivity contribution is -0.366. The van der Waals surface area contributed by atoms with Gasteiger partial charge in [0.25, 0.3) is 11.8 Å². The summed E-state index contributed by atoms with van der Waals surface area (Å²) in [6.45, 7) is -2.44. The van der Waals surface area contributed by atoms with Gasteiger partial charge in [0.15, 0.2) is 31.5 Å². The monoisotopic (exact) mass is 1640 g/mol. The number of ether oxygens (including phenoxy) is 10. The molecule has 0 aromatic heterocycles. The fraction of sp³-hybridized carbons (Fsp3) is 0.851. The molecule has 0 unspecified atom stereocenters. The molecule has 6 aliphatic heterocycles. The Hall–Kier alpha value is -6.18. The molecule has 46 nitrogen and oxygen atoms in total. The number of amides is 9. The lowest BCUT2D eigenvalue weighted by atomic mass is 9.96. The first-order valence-corrected chi connectivity index (χ1v) is 37.6. The zero-order valence-electron chi connectivity index (χ0n) is 62.6. The molecular formula is C67H113N9O37. The van der Waals surface area contributed by atoms with Gasteiger partial charge in [-0.1, -0.05) is 6.42 Å². The smallest absolute Gasteiger partial charge is 0.333 e. The van der Waals surface area contributed by atoms with Crippen LogP contribution in [0.15, 0.2) is 0 Å². The van der Waals surface area contributed by atoms with E-state index >= 15 is 0 Å². The van der Waals surface area contributed by atoms with E-state index in [9.17, 15) is 130 Å². The van der Waals surface area contributed by atoms with Crippen molar-refractivity contribution in [2.24, 2.45) is 0 Å². The van der Waals surface area contributed by atoms with Crippen molar-refractivity contribution < 1.29 is 182 Å². The molecule has 0 aromatic carbocycles. The van der Waals surface area contributed by atoms with Gasteiger partial charge in [-0.25, -0.2) is 4.79 Å². The zero-order valence-corrected chi connectivity index (χ0v) is 62.6. The highest BCUT2D eigenvalue weighted by Gasteiger charge is 2.53. The molecule has 6 heterocycles. The second kappa shape index (κ2) is 48.5. The Morgan fingerprint density at radius 3 is 1.30 bits per heavy atom. The maximum Gasteiger partial charge on any atom is 0.333 e. The number of rotatable bonds is 47. The van der Waals surface area contributed by atoms with Crippen molar-refractivity contribution in [3.05, 3.63) is 0 Å². The molecule has 113 heavy (non-hydrogen) atoms. The number of aliphatic hydroxyl groups is 16. The maximum atomic E-state index is 13.5. The summed E-state index contributed by atoms with van der Waals surface area (Å²) < 4.78 is 55.3. The van der Waals surface area contributed by atoms with Crippen LogP contribution in [-0.4, -0.2) is 409 Å². The molecule has 6 saturated heterocycles. The van der Waals surface area contributed by atoms with Gasteiger partial charge >= 0.3 is 5.97 Å². The first-order chi connectivity index (χ1) is 53.7. The van der Waals surface area contributed by atoms with E-state index in [0.717, 1.165) is 4.90 Å². The minimum absolute atomic E-state index is 0.0495. The molecule has 23 N–H and O–H groups in total. The lowest BCUT2D eigenvalue weighted by Gasteiger charge is -2.46. The van der Waals surface area contributed by atoms with Crippen molar-refractivity contribution in [1.82, 2.24) is 47.2 Å². The van der Waals surface area contributed by atoms with Crippen molar-refractivity contribution in [2.75, 3.05) is 98.5 Å². The fourth-order valence-electron chi connectivity index (χ4n) is 12.4. The topological polar surface area (TPSA) is 687 Å². The largest absolute Gasteiger partial charge is 0.394 e. The lowest BCUT2D eigenvalue weighted by Crippen LogP contribution is -2.65. The molecule has 46 heteroatoms. The number of nitrogens with one attached hydrogen (secondary N) is 7. The van der Waals surface area contributed by atoms with E-state index in [2.05, 4.69) is 37.2 Å². The predicted molar refractivity (Wildman–Crippen MR) is 371 cm³/mol. The average molecular weight is 1640 g/mol. The Morgan fingerprint density at radius 1 is 0.407 bits per heavy atom. The van der Waals surface area contributed by atoms with Crippen LogP contribution in [-0.2, 0) is 100 Å². The average Bonchev–Trinajstić information content (AvgIpc) is 1.48. The zero-order chi connectivity index (χ0) is 83.2. The van der Waals surface area contributed by atoms with E-state index in [1.807, 2.05) is 0 Å². The van der Waals surface area contributed by atoms with Crippen LogP contribution in [0.25, 0.3) is 0 Å². The summed E-state index contributed by atoms with van der Waals surface area (Å²) in [7, 11) is 0. The van der Waals surface area contributed by atoms with Crippen molar-refractivity contribution in [3.8, 4) is 0 Å². The molecule has 6 fully saturated rings. The Morgan fingerprint density at radius 2 is 0.796 bits per heavy atom. The predicted octanol–water partition coefficient (Wildman–Crippen LogP) is -13.1. The Balaban J connectivity index is 0.974. The van der Waals surface area contributed by atoms with Crippen molar-refractivity contribution in [3.63, 3.8) is 0 Å². The van der Waals surface area contributed by atoms with Crippen molar-refractivity contribution >= 4 is 59.1 Å². The van der Waals surface area contributed by atoms with E-state index in [1.165, 1.54) is 13.8 Å². The molecule has 26 atom stereocenters. The molecule has 0 spiro atoms. The van der Waals surface area contributed by atoms with Crippen molar-refractivity contribution in [2.45, 2.75) is 263 Å². The molecule has 0 saturated carbocycles. The summed E-state index contributed by atoms with van der Waals surface area (Å²) in [5.74, 6) is -6.66. The molecule has 0 bridgehead atoms. The third-order valence-electron chi connectivity index (χ3n) is 19.0. The molecule has 6 aliphatic rings. The number of carbonyl (C=O) groups excluding carboxylic acids is 10. The Bertz CT molecular complexity index is 2980. The van der Waals surface area contributed by atoms with Gasteiger partial charge in [-0.15, -0.1) is 5.06 Å². The molecule has 0 radical (unpaired) electrons. The van der Waals surface area contributed by atoms with Crippen LogP contribution in [0, 0.1) is 0 Å². The summed E-state index contributed by atoms with van der Waals surface area (Å²) in [6.07, 6.45) is -39.0. The molecule has 648 valence electrons. The normalized spacial score (nSPS) is 32.9. The van der Waals surface area contributed by atoms with Crippen LogP contribution >= 0.6 is 0 Å². The second-order valence-corrected chi connectivity index (χ2v) is 28.0. The highest BCUT2D eigenvalue weighted by molar-refractivity contribution is 6.01. The second-order valence-electron chi connectivity index (χ2n) is 28.0. The third kappa shape index (κ3) is 30.1. The summed E-state index contributed by atoms with van der Waals surface area (Å²) in [6, 6.07) is -1.36. The van der Waals surface area contributed by atoms with Crippen LogP contribution in [0.5, 0.6) is 0 Å². The van der Waals surface area contributed by atoms with E-state index < -0.39 is 265 Å². The first-order valence-electron chi connectivity index (χ1n) is 37.6. The first kappa shape index (κ1) is 95.7. The van der Waals surface area contributed by atoms with Gasteiger partial charge in [0.1, 0.15) is 116 Å². The van der Waals surface area contributed by atoms with Gasteiger partial charge in [-0.05, 0) is 58.8 Å². The van der Waals surface area contributed by atoms with E-state index in [-0.39, 0.29) is 103 Å². The van der Waals surface area contributed by atoms with Crippen LogP contribution < -0.4 is 37.2 Å². The van der Waals surface area contributed by atoms with Crippen LogP contribution in [0.1, 0.15) is 104 Å². The van der Waals surface area contributed by atoms with Gasteiger partial charge in [0, 0.05) is 71.4 Å². The van der Waals surface area contributed by atoms with E-state index in [4.69, 9.17) is 52.2 Å². The van der Waals surface area contributed by atoms with E-state index in [0.29, 0.717) is 43.6 Å². The fourth-order valence-corrected chi connectivity index (χ4v) is 12.4. The minimum Gasteiger partial charge on any atom is -0.394 e. The number of carbonyl (C=O) groups is 10. The Kier molecular flexibility index (Phi) is 41.1. The number of hydroxylamine groups is 2. The number of nitrogens with zero attached hydrogens (tertiary/aromatic N) is 2.